The molecule has 0 bridgehead atoms. The van der Waals surface area contributed by atoms with E-state index in [1.54, 1.807) is 25.3 Å². The molecule has 0 amide bonds. The average Bonchev–Trinajstić information content (AvgIpc) is 2.25. The lowest BCUT2D eigenvalue weighted by Gasteiger charge is -2.15. The molecule has 0 heterocycles. The van der Waals surface area contributed by atoms with Crippen molar-refractivity contribution in [2.45, 2.75) is 0 Å². The van der Waals surface area contributed by atoms with E-state index in [9.17, 15) is 5.21 Å². The Bertz CT molecular complexity index is 349. The van der Waals surface area contributed by atoms with Gasteiger partial charge in [-0.3, -0.25) is 5.21 Å². The molecule has 0 aliphatic heterocycles. The minimum Gasteiger partial charge on any atom is -0.734 e. The number of hydrogen-bond acceptors (Lipinski definition) is 5. The molecule has 82 valence electrons. The van der Waals surface area contributed by atoms with Crippen LogP contribution in [0.3, 0.4) is 0 Å². The van der Waals surface area contributed by atoms with Crippen LogP contribution < -0.4 is 9.47 Å². The van der Waals surface area contributed by atoms with Gasteiger partial charge in [0, 0.05) is 6.20 Å². The lowest BCUT2D eigenvalue weighted by Crippen LogP contribution is -1.97. The van der Waals surface area contributed by atoms with E-state index in [-0.39, 0.29) is 5.23 Å². The number of hydroxylamine groups is 2. The van der Waals surface area contributed by atoms with Gasteiger partial charge in [-0.1, -0.05) is 6.07 Å². The maximum absolute atomic E-state index is 10.2. The van der Waals surface area contributed by atoms with E-state index in [4.69, 9.17) is 14.7 Å². The Hall–Kier alpha value is -1.72. The summed E-state index contributed by atoms with van der Waals surface area (Å²) >= 11 is 0. The molecule has 0 saturated heterocycles. The van der Waals surface area contributed by atoms with Crippen LogP contribution in [0.1, 0.15) is 5.56 Å². The summed E-state index contributed by atoms with van der Waals surface area (Å²) in [5, 5.41) is 18.3. The first kappa shape index (κ1) is 11.4. The Morgan fingerprint density at radius 1 is 1.27 bits per heavy atom. The van der Waals surface area contributed by atoms with E-state index in [0.717, 1.165) is 11.8 Å². The highest BCUT2D eigenvalue weighted by Gasteiger charge is 2.02. The van der Waals surface area contributed by atoms with Crippen molar-refractivity contribution in [3.63, 3.8) is 0 Å². The summed E-state index contributed by atoms with van der Waals surface area (Å²) < 4.78 is 10.1. The zero-order chi connectivity index (χ0) is 11.3. The van der Waals surface area contributed by atoms with Crippen LogP contribution in [0.2, 0.25) is 0 Å². The van der Waals surface area contributed by atoms with E-state index < -0.39 is 0 Å². The first-order valence-corrected chi connectivity index (χ1v) is 4.23. The minimum absolute atomic E-state index is 0.267. The fourth-order valence-corrected chi connectivity index (χ4v) is 1.11. The van der Waals surface area contributed by atoms with E-state index in [1.807, 2.05) is 0 Å². The molecule has 0 fully saturated rings. The van der Waals surface area contributed by atoms with Gasteiger partial charge < -0.3 is 19.9 Å². The molecule has 0 saturated carbocycles. The van der Waals surface area contributed by atoms with E-state index in [0.29, 0.717) is 11.5 Å². The molecule has 0 atom stereocenters. The topological polar surface area (TPSA) is 65.0 Å². The summed E-state index contributed by atoms with van der Waals surface area (Å²) in [6.45, 7) is 0. The third-order valence-corrected chi connectivity index (χ3v) is 1.80. The summed E-state index contributed by atoms with van der Waals surface area (Å²) in [5.74, 6) is 1.17. The van der Waals surface area contributed by atoms with Gasteiger partial charge >= 0.3 is 0 Å². The number of hydrogen-bond donors (Lipinski definition) is 1. The zero-order valence-corrected chi connectivity index (χ0v) is 8.51. The predicted molar refractivity (Wildman–Crippen MR) is 55.6 cm³/mol. The Balaban J connectivity index is 2.93. The Morgan fingerprint density at radius 3 is 2.47 bits per heavy atom. The molecule has 0 spiro atoms. The lowest BCUT2D eigenvalue weighted by atomic mass is 10.2. The van der Waals surface area contributed by atoms with Crippen LogP contribution in [0.25, 0.3) is 6.08 Å². The molecule has 15 heavy (non-hydrogen) atoms. The van der Waals surface area contributed by atoms with Gasteiger partial charge in [0.15, 0.2) is 11.5 Å². The third kappa shape index (κ3) is 3.16. The van der Waals surface area contributed by atoms with Gasteiger partial charge in [-0.2, -0.15) is 0 Å². The predicted octanol–water partition coefficient (Wildman–Crippen LogP) is 1.86. The molecule has 1 rings (SSSR count). The number of rotatable bonds is 4. The number of ether oxygens (including phenoxy) is 2. The normalized spacial score (nSPS) is 10.4. The highest BCUT2D eigenvalue weighted by molar-refractivity contribution is 5.55. The maximum atomic E-state index is 10.2. The van der Waals surface area contributed by atoms with Crippen LogP contribution in [0.15, 0.2) is 24.4 Å². The molecule has 0 aliphatic rings. The highest BCUT2D eigenvalue weighted by atomic mass is 16.8. The van der Waals surface area contributed by atoms with E-state index in [2.05, 4.69) is 0 Å². The van der Waals surface area contributed by atoms with Gasteiger partial charge in [0.05, 0.1) is 14.2 Å². The lowest BCUT2D eigenvalue weighted by molar-refractivity contribution is 0.0129. The molecule has 0 aliphatic carbocycles. The smallest absolute Gasteiger partial charge is 0.161 e. The van der Waals surface area contributed by atoms with Crippen molar-refractivity contribution in [1.29, 1.82) is 0 Å². The summed E-state index contributed by atoms with van der Waals surface area (Å²) in [6, 6.07) is 5.14. The fourth-order valence-electron chi connectivity index (χ4n) is 1.11. The summed E-state index contributed by atoms with van der Waals surface area (Å²) in [7, 11) is 3.07. The van der Waals surface area contributed by atoms with Gasteiger partial charge in [-0.25, -0.2) is 0 Å². The second-order valence-electron chi connectivity index (χ2n) is 2.73. The average molecular weight is 210 g/mol. The molecule has 0 radical (unpaired) electrons. The van der Waals surface area contributed by atoms with E-state index >= 15 is 0 Å². The van der Waals surface area contributed by atoms with Crippen LogP contribution in [0.5, 0.6) is 11.5 Å². The van der Waals surface area contributed by atoms with Crippen molar-refractivity contribution < 1.29 is 14.7 Å². The molecule has 1 aromatic rings. The first-order chi connectivity index (χ1) is 7.17. The monoisotopic (exact) mass is 210 g/mol. The first-order valence-electron chi connectivity index (χ1n) is 4.23. The standard InChI is InChI=1S/C10H12NO4/c1-14-9-4-3-8(5-6-11(12)13)7-10(9)15-2/h3-7,12H,1-2H3/q-1. The second-order valence-corrected chi connectivity index (χ2v) is 2.73. The van der Waals surface area contributed by atoms with Crippen molar-refractivity contribution >= 4 is 6.08 Å². The van der Waals surface area contributed by atoms with Gasteiger partial charge in [-0.05, 0) is 23.8 Å². The van der Waals surface area contributed by atoms with Crippen LogP contribution in [-0.4, -0.2) is 24.7 Å². The Labute approximate surface area is 87.7 Å². The van der Waals surface area contributed by atoms with Crippen molar-refractivity contribution in [2.75, 3.05) is 14.2 Å². The molecule has 5 heteroatoms. The number of benzene rings is 1. The quantitative estimate of drug-likeness (QED) is 0.768. The Kier molecular flexibility index (Phi) is 3.96. The number of nitrogens with zero attached hydrogens (tertiary/aromatic N) is 1. The molecule has 0 unspecified atom stereocenters. The largest absolute Gasteiger partial charge is 0.734 e. The molecular formula is C10H12NO4-. The molecule has 1 aromatic carbocycles. The summed E-state index contributed by atoms with van der Waals surface area (Å²) in [6.07, 6.45) is 2.44. The zero-order valence-electron chi connectivity index (χ0n) is 8.51. The van der Waals surface area contributed by atoms with E-state index in [1.165, 1.54) is 13.2 Å². The maximum Gasteiger partial charge on any atom is 0.161 e. The third-order valence-electron chi connectivity index (χ3n) is 1.80. The summed E-state index contributed by atoms with van der Waals surface area (Å²) in [5.41, 5.74) is 0.725. The summed E-state index contributed by atoms with van der Waals surface area (Å²) in [4.78, 5) is 0. The Morgan fingerprint density at radius 2 is 1.93 bits per heavy atom. The minimum atomic E-state index is -0.267. The van der Waals surface area contributed by atoms with Crippen molar-refractivity contribution in [3.05, 3.63) is 35.2 Å². The van der Waals surface area contributed by atoms with Gasteiger partial charge in [0.2, 0.25) is 0 Å². The fraction of sp³-hybridized carbons (Fsp3) is 0.200. The molecule has 5 nitrogen and oxygen atoms in total. The SMILES string of the molecule is COc1ccc(C=CN([O-])O)cc1OC. The second kappa shape index (κ2) is 5.23. The van der Waals surface area contributed by atoms with Gasteiger partial charge in [0.25, 0.3) is 0 Å². The van der Waals surface area contributed by atoms with Gasteiger partial charge in [-0.15, -0.1) is 0 Å². The van der Waals surface area contributed by atoms with Crippen molar-refractivity contribution in [3.8, 4) is 11.5 Å². The highest BCUT2D eigenvalue weighted by Crippen LogP contribution is 2.27. The van der Waals surface area contributed by atoms with Crippen molar-refractivity contribution in [1.82, 2.24) is 5.23 Å². The van der Waals surface area contributed by atoms with Crippen LogP contribution in [0, 0.1) is 5.21 Å². The molecule has 1 N–H and O–H groups in total. The van der Waals surface area contributed by atoms with Gasteiger partial charge in [0.1, 0.15) is 0 Å². The van der Waals surface area contributed by atoms with Crippen LogP contribution in [-0.2, 0) is 0 Å². The van der Waals surface area contributed by atoms with Crippen LogP contribution >= 0.6 is 0 Å². The van der Waals surface area contributed by atoms with Crippen LogP contribution in [0.4, 0.5) is 0 Å². The molecular weight excluding hydrogens is 198 g/mol. The van der Waals surface area contributed by atoms with Crippen molar-refractivity contribution in [2.24, 2.45) is 0 Å². The number of methoxy groups -OCH3 is 2. The molecule has 0 aromatic heterocycles.